The number of rotatable bonds is 49. The van der Waals surface area contributed by atoms with Crippen LogP contribution in [0, 0.1) is 0 Å². The normalized spacial score (nSPS) is 12.8. The Labute approximate surface area is 373 Å². The van der Waals surface area contributed by atoms with Crippen LogP contribution in [0.25, 0.3) is 0 Å². The van der Waals surface area contributed by atoms with Crippen LogP contribution in [0.4, 0.5) is 0 Å². The number of esters is 1. The van der Waals surface area contributed by atoms with E-state index in [1.54, 1.807) is 0 Å². The molecule has 0 aliphatic heterocycles. The molecule has 0 spiro atoms. The van der Waals surface area contributed by atoms with Gasteiger partial charge in [-0.1, -0.05) is 218 Å². The molecule has 0 aromatic rings. The van der Waals surface area contributed by atoms with Crippen LogP contribution in [0.2, 0.25) is 0 Å². The molecule has 0 saturated carbocycles. The van der Waals surface area contributed by atoms with Crippen LogP contribution in [-0.4, -0.2) is 47.4 Å². The minimum Gasteiger partial charge on any atom is -0.466 e. The first kappa shape index (κ1) is 58.3. The number of aliphatic hydroxyl groups excluding tert-OH is 2. The van der Waals surface area contributed by atoms with Crippen molar-refractivity contribution in [1.82, 2.24) is 5.32 Å². The third-order valence-corrected chi connectivity index (χ3v) is 12.2. The molecule has 0 fully saturated rings. The van der Waals surface area contributed by atoms with Crippen LogP contribution in [0.1, 0.15) is 284 Å². The molecule has 0 rings (SSSR count). The average molecular weight is 846 g/mol. The summed E-state index contributed by atoms with van der Waals surface area (Å²) in [5, 5.41) is 23.2. The average Bonchev–Trinajstić information content (AvgIpc) is 3.25. The van der Waals surface area contributed by atoms with Gasteiger partial charge >= 0.3 is 5.97 Å². The van der Waals surface area contributed by atoms with Gasteiger partial charge in [0.05, 0.1) is 25.4 Å². The van der Waals surface area contributed by atoms with Gasteiger partial charge in [-0.2, -0.15) is 0 Å². The smallest absolute Gasteiger partial charge is 0.305 e. The molecule has 3 N–H and O–H groups in total. The van der Waals surface area contributed by atoms with Crippen molar-refractivity contribution in [2.75, 3.05) is 13.2 Å². The van der Waals surface area contributed by atoms with E-state index in [0.29, 0.717) is 25.9 Å². The van der Waals surface area contributed by atoms with Gasteiger partial charge in [0, 0.05) is 12.8 Å². The van der Waals surface area contributed by atoms with Gasteiger partial charge in [0.2, 0.25) is 5.91 Å². The summed E-state index contributed by atoms with van der Waals surface area (Å²) in [5.41, 5.74) is 0. The minimum atomic E-state index is -0.674. The van der Waals surface area contributed by atoms with Gasteiger partial charge in [0.25, 0.3) is 0 Å². The van der Waals surface area contributed by atoms with Crippen molar-refractivity contribution in [2.45, 2.75) is 296 Å². The predicted octanol–water partition coefficient (Wildman–Crippen LogP) is 15.9. The maximum absolute atomic E-state index is 12.4. The standard InChI is InChI=1S/C54H103NO5/c1-3-5-7-9-11-13-15-17-19-23-26-30-34-38-42-46-52(57)51(50-56)55-53(58)47-43-39-35-31-27-24-20-18-21-25-29-33-37-41-45-49-60-54(59)48-44-40-36-32-28-22-16-14-12-10-8-6-4-2/h14,16,21,25,51-52,56-57H,3-13,15,17-20,22-24,26-50H2,1-2H3,(H,55,58)/b16-14-,25-21-. The maximum Gasteiger partial charge on any atom is 0.305 e. The molecule has 0 saturated heterocycles. The van der Waals surface area contributed by atoms with Crippen molar-refractivity contribution < 1.29 is 24.5 Å². The van der Waals surface area contributed by atoms with E-state index in [4.69, 9.17) is 4.74 Å². The highest BCUT2D eigenvalue weighted by Gasteiger charge is 2.20. The van der Waals surface area contributed by atoms with E-state index in [0.717, 1.165) is 70.6 Å². The Kier molecular flexibility index (Phi) is 48.6. The van der Waals surface area contributed by atoms with Crippen LogP contribution in [0.5, 0.6) is 0 Å². The number of amides is 1. The van der Waals surface area contributed by atoms with Crippen LogP contribution < -0.4 is 5.32 Å². The zero-order valence-electron chi connectivity index (χ0n) is 40.2. The Morgan fingerprint density at radius 3 is 1.20 bits per heavy atom. The summed E-state index contributed by atoms with van der Waals surface area (Å²) in [5.74, 6) is -0.0692. The molecule has 0 aromatic carbocycles. The molecule has 0 aliphatic rings. The number of nitrogens with one attached hydrogen (secondary N) is 1. The first-order valence-electron chi connectivity index (χ1n) is 26.6. The highest BCUT2D eigenvalue weighted by molar-refractivity contribution is 5.76. The first-order chi connectivity index (χ1) is 29.5. The minimum absolute atomic E-state index is 0.0194. The second-order valence-corrected chi connectivity index (χ2v) is 18.2. The molecular formula is C54H103NO5. The Hall–Kier alpha value is -1.66. The number of allylic oxidation sites excluding steroid dienone is 4. The highest BCUT2D eigenvalue weighted by Crippen LogP contribution is 2.16. The molecule has 2 atom stereocenters. The van der Waals surface area contributed by atoms with Crippen molar-refractivity contribution in [1.29, 1.82) is 0 Å². The van der Waals surface area contributed by atoms with Gasteiger partial charge in [0.1, 0.15) is 0 Å². The molecule has 0 radical (unpaired) electrons. The fourth-order valence-electron chi connectivity index (χ4n) is 8.10. The van der Waals surface area contributed by atoms with Crippen molar-refractivity contribution in [3.8, 4) is 0 Å². The van der Waals surface area contributed by atoms with Crippen molar-refractivity contribution in [2.24, 2.45) is 0 Å². The fourth-order valence-corrected chi connectivity index (χ4v) is 8.10. The molecule has 60 heavy (non-hydrogen) atoms. The number of unbranched alkanes of at least 4 members (excludes halogenated alkanes) is 34. The van der Waals surface area contributed by atoms with E-state index < -0.39 is 12.1 Å². The van der Waals surface area contributed by atoms with Crippen LogP contribution in [0.3, 0.4) is 0 Å². The van der Waals surface area contributed by atoms with Crippen molar-refractivity contribution in [3.05, 3.63) is 24.3 Å². The summed E-state index contributed by atoms with van der Waals surface area (Å²) in [6.07, 6.45) is 58.6. The van der Waals surface area contributed by atoms with E-state index in [1.165, 1.54) is 180 Å². The molecule has 6 heteroatoms. The Bertz CT molecular complexity index is 935. The number of carbonyl (C=O) groups is 2. The summed E-state index contributed by atoms with van der Waals surface area (Å²) in [7, 11) is 0. The topological polar surface area (TPSA) is 95.9 Å². The zero-order chi connectivity index (χ0) is 43.7. The molecule has 0 heterocycles. The van der Waals surface area contributed by atoms with Crippen LogP contribution >= 0.6 is 0 Å². The molecule has 0 aliphatic carbocycles. The highest BCUT2D eigenvalue weighted by atomic mass is 16.5. The summed E-state index contributed by atoms with van der Waals surface area (Å²) in [6.45, 7) is 4.90. The first-order valence-corrected chi connectivity index (χ1v) is 26.6. The third-order valence-electron chi connectivity index (χ3n) is 12.2. The number of hydrogen-bond acceptors (Lipinski definition) is 5. The third kappa shape index (κ3) is 45.9. The zero-order valence-corrected chi connectivity index (χ0v) is 40.2. The van der Waals surface area contributed by atoms with E-state index >= 15 is 0 Å². The van der Waals surface area contributed by atoms with E-state index in [9.17, 15) is 19.8 Å². The predicted molar refractivity (Wildman–Crippen MR) is 260 cm³/mol. The lowest BCUT2D eigenvalue weighted by atomic mass is 10.0. The van der Waals surface area contributed by atoms with Gasteiger partial charge in [-0.3, -0.25) is 9.59 Å². The molecule has 354 valence electrons. The summed E-state index contributed by atoms with van der Waals surface area (Å²) >= 11 is 0. The number of ether oxygens (including phenoxy) is 1. The van der Waals surface area contributed by atoms with Gasteiger partial charge in [-0.25, -0.2) is 0 Å². The maximum atomic E-state index is 12.4. The Balaban J connectivity index is 3.48. The molecule has 0 aromatic heterocycles. The summed E-state index contributed by atoms with van der Waals surface area (Å²) < 4.78 is 5.44. The van der Waals surface area contributed by atoms with Gasteiger partial charge in [-0.05, 0) is 77.0 Å². The number of hydrogen-bond donors (Lipinski definition) is 3. The monoisotopic (exact) mass is 846 g/mol. The molecule has 0 bridgehead atoms. The van der Waals surface area contributed by atoms with Gasteiger partial charge in [0.15, 0.2) is 0 Å². The van der Waals surface area contributed by atoms with Crippen LogP contribution in [-0.2, 0) is 14.3 Å². The Morgan fingerprint density at radius 2 is 0.783 bits per heavy atom. The quantitative estimate of drug-likeness (QED) is 0.0322. The van der Waals surface area contributed by atoms with Crippen molar-refractivity contribution in [3.63, 3.8) is 0 Å². The molecule has 2 unspecified atom stereocenters. The Morgan fingerprint density at radius 1 is 0.450 bits per heavy atom. The summed E-state index contributed by atoms with van der Waals surface area (Å²) in [4.78, 5) is 24.4. The van der Waals surface area contributed by atoms with Gasteiger partial charge < -0.3 is 20.3 Å². The molecule has 1 amide bonds. The van der Waals surface area contributed by atoms with Crippen molar-refractivity contribution >= 4 is 11.9 Å². The number of carbonyl (C=O) groups excluding carboxylic acids is 2. The summed E-state index contributed by atoms with van der Waals surface area (Å²) in [6, 6.07) is -0.552. The van der Waals surface area contributed by atoms with Crippen LogP contribution in [0.15, 0.2) is 24.3 Å². The van der Waals surface area contributed by atoms with E-state index in [-0.39, 0.29) is 18.5 Å². The van der Waals surface area contributed by atoms with Gasteiger partial charge in [-0.15, -0.1) is 0 Å². The molecule has 6 nitrogen and oxygen atoms in total. The van der Waals surface area contributed by atoms with E-state index in [2.05, 4.69) is 43.5 Å². The lowest BCUT2D eigenvalue weighted by Gasteiger charge is -2.22. The fraction of sp³-hybridized carbons (Fsp3) is 0.889. The lowest BCUT2D eigenvalue weighted by Crippen LogP contribution is -2.45. The second-order valence-electron chi connectivity index (χ2n) is 18.2. The van der Waals surface area contributed by atoms with E-state index in [1.807, 2.05) is 0 Å². The number of aliphatic hydroxyl groups is 2. The molecular weight excluding hydrogens is 743 g/mol. The SMILES string of the molecule is CCCCCC/C=C\CCCCCCCC(=O)OCCCCCC/C=C\CCCCCCCCCC(=O)NC(CO)C(O)CCCCCCCCCCCCCCCCC. The lowest BCUT2D eigenvalue weighted by molar-refractivity contribution is -0.143. The second kappa shape index (κ2) is 50.0. The largest absolute Gasteiger partial charge is 0.466 e.